The van der Waals surface area contributed by atoms with Crippen LogP contribution in [0.3, 0.4) is 0 Å². The van der Waals surface area contributed by atoms with Crippen LogP contribution in [0.4, 0.5) is 4.79 Å². The van der Waals surface area contributed by atoms with E-state index < -0.39 is 17.8 Å². The summed E-state index contributed by atoms with van der Waals surface area (Å²) in [5.74, 6) is 4.11. The molecule has 1 saturated heterocycles. The Morgan fingerprint density at radius 2 is 1.71 bits per heavy atom. The number of carbonyl (C=O) groups is 3. The van der Waals surface area contributed by atoms with Gasteiger partial charge in [-0.3, -0.25) is 19.4 Å². The van der Waals surface area contributed by atoms with Gasteiger partial charge < -0.3 is 0 Å². The predicted molar refractivity (Wildman–Crippen MR) is 61.7 cm³/mol. The number of hydrogen-bond acceptors (Lipinski definition) is 3. The molecular weight excluding hydrogens is 220 g/mol. The Morgan fingerprint density at radius 3 is 2.24 bits per heavy atom. The van der Waals surface area contributed by atoms with E-state index in [1.807, 2.05) is 13.8 Å². The Hall–Kier alpha value is -1.83. The standard InChI is InChI=1S/C12H16N2O3/c1-4-5-6-7-13-10(15)11(16)14(12(13)17)8-9(2)3/h9H,6-8H2,1-3H3. The van der Waals surface area contributed by atoms with E-state index in [2.05, 4.69) is 11.8 Å². The van der Waals surface area contributed by atoms with Crippen molar-refractivity contribution in [1.82, 2.24) is 9.80 Å². The first-order valence-electron chi connectivity index (χ1n) is 5.56. The van der Waals surface area contributed by atoms with Crippen LogP contribution in [0.15, 0.2) is 0 Å². The maximum absolute atomic E-state index is 11.8. The summed E-state index contributed by atoms with van der Waals surface area (Å²) in [4.78, 5) is 36.9. The Labute approximate surface area is 101 Å². The molecule has 0 aliphatic carbocycles. The molecule has 0 atom stereocenters. The average molecular weight is 236 g/mol. The fourth-order valence-electron chi connectivity index (χ4n) is 1.57. The van der Waals surface area contributed by atoms with Gasteiger partial charge in [0.15, 0.2) is 0 Å². The summed E-state index contributed by atoms with van der Waals surface area (Å²) in [6, 6.07) is -0.522. The second kappa shape index (κ2) is 5.48. The van der Waals surface area contributed by atoms with Gasteiger partial charge in [0.1, 0.15) is 0 Å². The normalized spacial score (nSPS) is 15.6. The Bertz CT molecular complexity index is 404. The molecule has 0 aromatic carbocycles. The molecule has 5 nitrogen and oxygen atoms in total. The zero-order chi connectivity index (χ0) is 13.0. The van der Waals surface area contributed by atoms with Gasteiger partial charge in [-0.15, -0.1) is 11.8 Å². The maximum Gasteiger partial charge on any atom is 0.334 e. The lowest BCUT2D eigenvalue weighted by Gasteiger charge is -2.16. The number of urea groups is 1. The number of imide groups is 2. The highest BCUT2D eigenvalue weighted by Crippen LogP contribution is 2.14. The van der Waals surface area contributed by atoms with E-state index in [1.165, 1.54) is 0 Å². The highest BCUT2D eigenvalue weighted by Gasteiger charge is 2.43. The van der Waals surface area contributed by atoms with Gasteiger partial charge in [0, 0.05) is 19.5 Å². The zero-order valence-corrected chi connectivity index (χ0v) is 10.3. The second-order valence-corrected chi connectivity index (χ2v) is 4.23. The largest absolute Gasteiger partial charge is 0.334 e. The van der Waals surface area contributed by atoms with Crippen LogP contribution in [0, 0.1) is 17.8 Å². The molecule has 0 N–H and O–H groups in total. The Morgan fingerprint density at radius 1 is 1.12 bits per heavy atom. The smallest absolute Gasteiger partial charge is 0.263 e. The molecule has 0 aromatic rings. The van der Waals surface area contributed by atoms with Gasteiger partial charge in [0.05, 0.1) is 0 Å². The van der Waals surface area contributed by atoms with E-state index in [4.69, 9.17) is 0 Å². The van der Waals surface area contributed by atoms with Crippen molar-refractivity contribution in [2.45, 2.75) is 27.2 Å². The topological polar surface area (TPSA) is 57.7 Å². The van der Waals surface area contributed by atoms with Crippen LogP contribution >= 0.6 is 0 Å². The van der Waals surface area contributed by atoms with E-state index in [-0.39, 0.29) is 19.0 Å². The summed E-state index contributed by atoms with van der Waals surface area (Å²) < 4.78 is 0. The van der Waals surface area contributed by atoms with Crippen LogP contribution in [0.5, 0.6) is 0 Å². The zero-order valence-electron chi connectivity index (χ0n) is 10.3. The minimum Gasteiger partial charge on any atom is -0.263 e. The minimum atomic E-state index is -0.742. The molecule has 1 rings (SSSR count). The van der Waals surface area contributed by atoms with E-state index in [9.17, 15) is 14.4 Å². The third-order valence-electron chi connectivity index (χ3n) is 2.32. The Balaban J connectivity index is 2.74. The second-order valence-electron chi connectivity index (χ2n) is 4.23. The van der Waals surface area contributed by atoms with Gasteiger partial charge in [0.2, 0.25) is 0 Å². The van der Waals surface area contributed by atoms with Crippen LogP contribution in [0.25, 0.3) is 0 Å². The van der Waals surface area contributed by atoms with Gasteiger partial charge in [0.25, 0.3) is 0 Å². The van der Waals surface area contributed by atoms with Crippen molar-refractivity contribution in [2.75, 3.05) is 13.1 Å². The molecule has 1 heterocycles. The summed E-state index contributed by atoms with van der Waals surface area (Å²) in [6.07, 6.45) is 0.400. The number of amides is 4. The molecule has 5 heteroatoms. The highest BCUT2D eigenvalue weighted by molar-refractivity contribution is 6.44. The molecule has 4 amide bonds. The lowest BCUT2D eigenvalue weighted by molar-refractivity contribution is -0.143. The van der Waals surface area contributed by atoms with E-state index in [1.54, 1.807) is 6.92 Å². The van der Waals surface area contributed by atoms with Crippen molar-refractivity contribution < 1.29 is 14.4 Å². The van der Waals surface area contributed by atoms with Crippen molar-refractivity contribution in [3.05, 3.63) is 0 Å². The summed E-state index contributed by atoms with van der Waals surface area (Å²) in [5.41, 5.74) is 0. The third-order valence-corrected chi connectivity index (χ3v) is 2.32. The minimum absolute atomic E-state index is 0.145. The number of carbonyl (C=O) groups excluding carboxylic acids is 3. The van der Waals surface area contributed by atoms with Gasteiger partial charge in [-0.05, 0) is 12.8 Å². The van der Waals surface area contributed by atoms with Crippen molar-refractivity contribution in [2.24, 2.45) is 5.92 Å². The molecule has 1 fully saturated rings. The van der Waals surface area contributed by atoms with Crippen LogP contribution in [0.1, 0.15) is 27.2 Å². The van der Waals surface area contributed by atoms with Crippen LogP contribution in [-0.4, -0.2) is 40.7 Å². The number of nitrogens with zero attached hydrogens (tertiary/aromatic N) is 2. The SMILES string of the molecule is CC#CCCN1C(=O)C(=O)N(CC(C)C)C1=O. The number of rotatable bonds is 4. The molecule has 1 aliphatic heterocycles. The molecular formula is C12H16N2O3. The molecule has 0 radical (unpaired) electrons. The van der Waals surface area contributed by atoms with Crippen molar-refractivity contribution in [3.63, 3.8) is 0 Å². The first-order valence-corrected chi connectivity index (χ1v) is 5.56. The van der Waals surface area contributed by atoms with Crippen molar-refractivity contribution in [1.29, 1.82) is 0 Å². The Kier molecular flexibility index (Phi) is 4.27. The van der Waals surface area contributed by atoms with E-state index in [0.717, 1.165) is 9.80 Å². The first-order chi connectivity index (χ1) is 7.99. The van der Waals surface area contributed by atoms with Gasteiger partial charge in [-0.2, -0.15) is 0 Å². The quantitative estimate of drug-likeness (QED) is 0.413. The lowest BCUT2D eigenvalue weighted by Crippen LogP contribution is -2.36. The fourth-order valence-corrected chi connectivity index (χ4v) is 1.57. The van der Waals surface area contributed by atoms with Crippen LogP contribution in [-0.2, 0) is 9.59 Å². The van der Waals surface area contributed by atoms with Crippen LogP contribution < -0.4 is 0 Å². The summed E-state index contributed by atoms with van der Waals surface area (Å²) in [5, 5.41) is 0. The summed E-state index contributed by atoms with van der Waals surface area (Å²) in [6.45, 7) is 5.91. The molecule has 17 heavy (non-hydrogen) atoms. The van der Waals surface area contributed by atoms with Gasteiger partial charge >= 0.3 is 17.8 Å². The molecule has 1 aliphatic rings. The third kappa shape index (κ3) is 2.84. The van der Waals surface area contributed by atoms with Crippen molar-refractivity contribution in [3.8, 4) is 11.8 Å². The summed E-state index contributed by atoms with van der Waals surface area (Å²) >= 11 is 0. The number of hydrogen-bond donors (Lipinski definition) is 0. The molecule has 0 aromatic heterocycles. The molecule has 0 saturated carbocycles. The van der Waals surface area contributed by atoms with Gasteiger partial charge in [-0.25, -0.2) is 4.79 Å². The molecule has 92 valence electrons. The molecule has 0 unspecified atom stereocenters. The first kappa shape index (κ1) is 13.2. The molecule has 0 spiro atoms. The van der Waals surface area contributed by atoms with E-state index >= 15 is 0 Å². The summed E-state index contributed by atoms with van der Waals surface area (Å²) in [7, 11) is 0. The lowest BCUT2D eigenvalue weighted by atomic mass is 10.2. The maximum atomic E-state index is 11.8. The highest BCUT2D eigenvalue weighted by atomic mass is 16.2. The molecule has 0 bridgehead atoms. The predicted octanol–water partition coefficient (Wildman–Crippen LogP) is 0.847. The average Bonchev–Trinajstić information content (AvgIpc) is 2.45. The monoisotopic (exact) mass is 236 g/mol. The van der Waals surface area contributed by atoms with E-state index in [0.29, 0.717) is 6.42 Å². The fraction of sp³-hybridized carbons (Fsp3) is 0.583. The van der Waals surface area contributed by atoms with Crippen molar-refractivity contribution >= 4 is 17.8 Å². The van der Waals surface area contributed by atoms with Crippen LogP contribution in [0.2, 0.25) is 0 Å². The van der Waals surface area contributed by atoms with Gasteiger partial charge in [-0.1, -0.05) is 13.8 Å².